The Labute approximate surface area is 127 Å². The normalized spacial score (nSPS) is 11.3. The standard InChI is InChI=1S/C14H22N4O2S/c1-3-4-5-6-7-8-9-18-10-11(15-14(18)21)17(2)13(20)16-12(10)19/h3-9H2,1-2H3,(H,15,21)(H,16,19,20). The molecule has 0 amide bonds. The summed E-state index contributed by atoms with van der Waals surface area (Å²) < 4.78 is 3.66. The molecule has 2 aromatic heterocycles. The van der Waals surface area contributed by atoms with Crippen LogP contribution in [0.4, 0.5) is 0 Å². The number of nitrogens with one attached hydrogen (secondary N) is 2. The molecule has 0 aromatic carbocycles. The average Bonchev–Trinajstić information content (AvgIpc) is 2.78. The molecule has 6 nitrogen and oxygen atoms in total. The summed E-state index contributed by atoms with van der Waals surface area (Å²) in [4.78, 5) is 28.9. The minimum absolute atomic E-state index is 0.383. The fraction of sp³-hybridized carbons (Fsp3) is 0.643. The van der Waals surface area contributed by atoms with E-state index in [0.717, 1.165) is 12.8 Å². The summed E-state index contributed by atoms with van der Waals surface area (Å²) in [6.45, 7) is 2.90. The Bertz CT molecular complexity index is 781. The summed E-state index contributed by atoms with van der Waals surface area (Å²) in [6.07, 6.45) is 7.07. The number of hydrogen-bond acceptors (Lipinski definition) is 3. The van der Waals surface area contributed by atoms with Crippen LogP contribution in [-0.4, -0.2) is 19.1 Å². The molecular weight excluding hydrogens is 288 g/mol. The van der Waals surface area contributed by atoms with Crippen LogP contribution in [0.1, 0.15) is 45.4 Å². The lowest BCUT2D eigenvalue weighted by molar-refractivity contribution is 0.561. The van der Waals surface area contributed by atoms with Gasteiger partial charge in [0, 0.05) is 13.6 Å². The largest absolute Gasteiger partial charge is 0.329 e. The van der Waals surface area contributed by atoms with Crippen LogP contribution in [0.5, 0.6) is 0 Å². The van der Waals surface area contributed by atoms with Crippen molar-refractivity contribution in [3.8, 4) is 0 Å². The second-order valence-electron chi connectivity index (χ2n) is 5.37. The van der Waals surface area contributed by atoms with E-state index >= 15 is 0 Å². The number of fused-ring (bicyclic) bond motifs is 1. The van der Waals surface area contributed by atoms with Crippen LogP contribution in [0.2, 0.25) is 0 Å². The van der Waals surface area contributed by atoms with E-state index in [2.05, 4.69) is 16.9 Å². The van der Waals surface area contributed by atoms with Crippen molar-refractivity contribution in [2.75, 3.05) is 0 Å². The Morgan fingerprint density at radius 1 is 1.05 bits per heavy atom. The number of unbranched alkanes of at least 4 members (excludes halogenated alkanes) is 5. The van der Waals surface area contributed by atoms with Crippen molar-refractivity contribution >= 4 is 23.4 Å². The van der Waals surface area contributed by atoms with Gasteiger partial charge in [-0.25, -0.2) is 4.79 Å². The molecule has 2 N–H and O–H groups in total. The van der Waals surface area contributed by atoms with E-state index in [1.54, 1.807) is 11.6 Å². The Balaban J connectivity index is 2.19. The summed E-state index contributed by atoms with van der Waals surface area (Å²) in [6, 6.07) is 0. The predicted molar refractivity (Wildman–Crippen MR) is 86.4 cm³/mol. The van der Waals surface area contributed by atoms with Crippen LogP contribution < -0.4 is 11.2 Å². The van der Waals surface area contributed by atoms with Crippen molar-refractivity contribution in [1.29, 1.82) is 0 Å². The highest BCUT2D eigenvalue weighted by Gasteiger charge is 2.12. The molecule has 0 radical (unpaired) electrons. The SMILES string of the molecule is CCCCCCCCn1c(=S)[nH]c2c1c(=O)[nH]c(=O)n2C. The topological polar surface area (TPSA) is 75.6 Å². The zero-order valence-electron chi connectivity index (χ0n) is 12.6. The van der Waals surface area contributed by atoms with Gasteiger partial charge in [-0.2, -0.15) is 0 Å². The van der Waals surface area contributed by atoms with Gasteiger partial charge in [0.25, 0.3) is 5.56 Å². The lowest BCUT2D eigenvalue weighted by Gasteiger charge is -2.04. The monoisotopic (exact) mass is 310 g/mol. The van der Waals surface area contributed by atoms with E-state index in [9.17, 15) is 9.59 Å². The van der Waals surface area contributed by atoms with Gasteiger partial charge in [-0.15, -0.1) is 0 Å². The van der Waals surface area contributed by atoms with E-state index in [-0.39, 0.29) is 5.56 Å². The first-order valence-electron chi connectivity index (χ1n) is 7.48. The van der Waals surface area contributed by atoms with Gasteiger partial charge in [-0.05, 0) is 18.6 Å². The molecular formula is C14H22N4O2S. The third kappa shape index (κ3) is 3.34. The summed E-state index contributed by atoms with van der Waals surface area (Å²) in [5.74, 6) is 0. The van der Waals surface area contributed by atoms with E-state index in [4.69, 9.17) is 12.2 Å². The quantitative estimate of drug-likeness (QED) is 0.609. The number of imidazole rings is 1. The van der Waals surface area contributed by atoms with Gasteiger partial charge in [0.05, 0.1) is 0 Å². The summed E-state index contributed by atoms with van der Waals surface area (Å²) in [5, 5.41) is 0. The molecule has 0 bridgehead atoms. The molecule has 116 valence electrons. The number of aromatic amines is 2. The highest BCUT2D eigenvalue weighted by Crippen LogP contribution is 2.11. The molecule has 2 heterocycles. The van der Waals surface area contributed by atoms with Crippen molar-refractivity contribution < 1.29 is 0 Å². The smallest absolute Gasteiger partial charge is 0.316 e. The second-order valence-corrected chi connectivity index (χ2v) is 5.75. The lowest BCUT2D eigenvalue weighted by Crippen LogP contribution is -2.29. The lowest BCUT2D eigenvalue weighted by atomic mass is 10.1. The van der Waals surface area contributed by atoms with Crippen LogP contribution in [0.15, 0.2) is 9.59 Å². The first-order valence-corrected chi connectivity index (χ1v) is 7.89. The predicted octanol–water partition coefficient (Wildman–Crippen LogP) is 2.45. The molecule has 0 unspecified atom stereocenters. The Morgan fingerprint density at radius 3 is 2.43 bits per heavy atom. The van der Waals surface area contributed by atoms with Gasteiger partial charge in [0.15, 0.2) is 10.3 Å². The summed E-state index contributed by atoms with van der Waals surface area (Å²) in [5.41, 5.74) is 0.122. The molecule has 0 aliphatic carbocycles. The fourth-order valence-corrected chi connectivity index (χ4v) is 2.81. The van der Waals surface area contributed by atoms with Crippen LogP contribution in [0.3, 0.4) is 0 Å². The van der Waals surface area contributed by atoms with Gasteiger partial charge in [-0.3, -0.25) is 14.3 Å². The molecule has 7 heteroatoms. The first kappa shape index (κ1) is 15.8. The number of H-pyrrole nitrogens is 2. The van der Waals surface area contributed by atoms with Crippen molar-refractivity contribution in [1.82, 2.24) is 19.1 Å². The Morgan fingerprint density at radius 2 is 1.71 bits per heavy atom. The molecule has 0 aliphatic rings. The molecule has 0 fully saturated rings. The number of hydrogen-bond donors (Lipinski definition) is 2. The van der Waals surface area contributed by atoms with Crippen molar-refractivity contribution in [3.63, 3.8) is 0 Å². The van der Waals surface area contributed by atoms with Gasteiger partial charge in [0.2, 0.25) is 0 Å². The first-order chi connectivity index (χ1) is 10.1. The number of aromatic nitrogens is 4. The van der Waals surface area contributed by atoms with E-state index in [1.165, 1.54) is 30.3 Å². The number of nitrogens with zero attached hydrogens (tertiary/aromatic N) is 2. The maximum absolute atomic E-state index is 12.0. The zero-order chi connectivity index (χ0) is 15.4. The number of aryl methyl sites for hydroxylation is 2. The van der Waals surface area contributed by atoms with Crippen LogP contribution in [-0.2, 0) is 13.6 Å². The molecule has 0 aliphatic heterocycles. The fourth-order valence-electron chi connectivity index (χ4n) is 2.54. The van der Waals surface area contributed by atoms with Crippen molar-refractivity contribution in [2.24, 2.45) is 7.05 Å². The zero-order valence-corrected chi connectivity index (χ0v) is 13.4. The number of rotatable bonds is 7. The van der Waals surface area contributed by atoms with Crippen molar-refractivity contribution in [3.05, 3.63) is 25.6 Å². The van der Waals surface area contributed by atoms with Gasteiger partial charge in [0.1, 0.15) is 5.65 Å². The molecule has 0 saturated carbocycles. The Kier molecular flexibility index (Phi) is 5.17. The molecule has 0 spiro atoms. The van der Waals surface area contributed by atoms with Gasteiger partial charge < -0.3 is 9.55 Å². The second kappa shape index (κ2) is 6.89. The third-order valence-electron chi connectivity index (χ3n) is 3.78. The Hall–Kier alpha value is -1.63. The molecule has 0 saturated heterocycles. The van der Waals surface area contributed by atoms with Crippen molar-refractivity contribution in [2.45, 2.75) is 52.0 Å². The molecule has 2 aromatic rings. The summed E-state index contributed by atoms with van der Waals surface area (Å²) >= 11 is 5.27. The van der Waals surface area contributed by atoms with Crippen LogP contribution in [0.25, 0.3) is 11.2 Å². The van der Waals surface area contributed by atoms with E-state index in [1.807, 2.05) is 0 Å². The highest BCUT2D eigenvalue weighted by molar-refractivity contribution is 7.71. The van der Waals surface area contributed by atoms with Gasteiger partial charge in [-0.1, -0.05) is 39.0 Å². The molecule has 21 heavy (non-hydrogen) atoms. The van der Waals surface area contributed by atoms with E-state index in [0.29, 0.717) is 22.5 Å². The maximum atomic E-state index is 12.0. The third-order valence-corrected chi connectivity index (χ3v) is 4.10. The van der Waals surface area contributed by atoms with Crippen LogP contribution in [0, 0.1) is 4.77 Å². The average molecular weight is 310 g/mol. The minimum Gasteiger partial charge on any atom is -0.316 e. The molecule has 0 atom stereocenters. The van der Waals surface area contributed by atoms with Crippen LogP contribution >= 0.6 is 12.2 Å². The van der Waals surface area contributed by atoms with E-state index < -0.39 is 5.69 Å². The van der Waals surface area contributed by atoms with Gasteiger partial charge >= 0.3 is 5.69 Å². The molecule has 2 rings (SSSR count). The minimum atomic E-state index is -0.435. The maximum Gasteiger partial charge on any atom is 0.329 e. The highest BCUT2D eigenvalue weighted by atomic mass is 32.1. The summed E-state index contributed by atoms with van der Waals surface area (Å²) in [7, 11) is 1.61.